The largest absolute Gasteiger partial charge is 0.465 e. The number of rotatable bonds is 8. The quantitative estimate of drug-likeness (QED) is 0.541. The van der Waals surface area contributed by atoms with Crippen molar-refractivity contribution in [3.05, 3.63) is 29.8 Å². The van der Waals surface area contributed by atoms with E-state index in [-0.39, 0.29) is 5.97 Å². The average Bonchev–Trinajstić information content (AvgIpc) is 2.39. The van der Waals surface area contributed by atoms with Crippen LogP contribution in [0.2, 0.25) is 0 Å². The number of aryl methyl sites for hydroxylation is 1. The van der Waals surface area contributed by atoms with Crippen LogP contribution >= 0.6 is 11.8 Å². The molecule has 1 aromatic carbocycles. The molecule has 0 radical (unpaired) electrons. The Labute approximate surface area is 120 Å². The van der Waals surface area contributed by atoms with Crippen molar-refractivity contribution in [2.75, 3.05) is 36.1 Å². The second kappa shape index (κ2) is 8.86. The van der Waals surface area contributed by atoms with Gasteiger partial charge in [0.2, 0.25) is 0 Å². The second-order valence-electron chi connectivity index (χ2n) is 4.26. The highest BCUT2D eigenvalue weighted by atomic mass is 32.2. The zero-order chi connectivity index (χ0) is 14.1. The molecule has 0 aliphatic carbocycles. The first-order valence-electron chi connectivity index (χ1n) is 6.72. The number of hydrogen-bond donors (Lipinski definition) is 0. The number of ether oxygens (including phenoxy) is 1. The number of anilines is 1. The van der Waals surface area contributed by atoms with Gasteiger partial charge in [0, 0.05) is 18.0 Å². The van der Waals surface area contributed by atoms with Crippen LogP contribution in [0.5, 0.6) is 0 Å². The Morgan fingerprint density at radius 3 is 2.53 bits per heavy atom. The fraction of sp³-hybridized carbons (Fsp3) is 0.533. The molecule has 0 spiro atoms. The third-order valence-corrected chi connectivity index (χ3v) is 3.61. The van der Waals surface area contributed by atoms with Crippen molar-refractivity contribution < 1.29 is 9.53 Å². The molecule has 4 heteroatoms. The monoisotopic (exact) mass is 281 g/mol. The fourth-order valence-electron chi connectivity index (χ4n) is 1.74. The maximum atomic E-state index is 11.7. The third kappa shape index (κ3) is 6.01. The molecule has 1 rings (SSSR count). The van der Waals surface area contributed by atoms with E-state index in [1.54, 1.807) is 0 Å². The van der Waals surface area contributed by atoms with Gasteiger partial charge in [-0.05, 0) is 31.7 Å². The smallest absolute Gasteiger partial charge is 0.325 e. The molecule has 0 amide bonds. The summed E-state index contributed by atoms with van der Waals surface area (Å²) in [6, 6.07) is 8.26. The molecule has 0 unspecified atom stereocenters. The van der Waals surface area contributed by atoms with Crippen molar-refractivity contribution in [1.82, 2.24) is 0 Å². The van der Waals surface area contributed by atoms with Crippen molar-refractivity contribution in [3.63, 3.8) is 0 Å². The van der Waals surface area contributed by atoms with Gasteiger partial charge in [-0.15, -0.1) is 0 Å². The predicted molar refractivity (Wildman–Crippen MR) is 83.0 cm³/mol. The maximum Gasteiger partial charge on any atom is 0.325 e. The van der Waals surface area contributed by atoms with Gasteiger partial charge >= 0.3 is 5.97 Å². The molecule has 0 saturated carbocycles. The molecule has 0 fully saturated rings. The minimum Gasteiger partial charge on any atom is -0.465 e. The lowest BCUT2D eigenvalue weighted by molar-refractivity contribution is -0.141. The Morgan fingerprint density at radius 1 is 1.26 bits per heavy atom. The third-order valence-electron chi connectivity index (χ3n) is 2.73. The van der Waals surface area contributed by atoms with Gasteiger partial charge < -0.3 is 9.64 Å². The van der Waals surface area contributed by atoms with Gasteiger partial charge in [-0.1, -0.05) is 24.6 Å². The molecule has 0 bridgehead atoms. The highest BCUT2D eigenvalue weighted by molar-refractivity contribution is 7.99. The summed E-state index contributed by atoms with van der Waals surface area (Å²) < 4.78 is 5.04. The molecule has 0 heterocycles. The van der Waals surface area contributed by atoms with Crippen LogP contribution in [0.15, 0.2) is 24.3 Å². The van der Waals surface area contributed by atoms with Gasteiger partial charge in [0.25, 0.3) is 0 Å². The average molecular weight is 281 g/mol. The van der Waals surface area contributed by atoms with Crippen LogP contribution in [-0.2, 0) is 9.53 Å². The summed E-state index contributed by atoms with van der Waals surface area (Å²) in [6.45, 7) is 7.66. The number of thioether (sulfide) groups is 1. The van der Waals surface area contributed by atoms with E-state index in [1.807, 2.05) is 18.7 Å². The van der Waals surface area contributed by atoms with Crippen molar-refractivity contribution in [1.29, 1.82) is 0 Å². The lowest BCUT2D eigenvalue weighted by Gasteiger charge is -2.23. The van der Waals surface area contributed by atoms with E-state index in [0.29, 0.717) is 13.2 Å². The standard InChI is InChI=1S/C15H23NO2S/c1-4-18-15(17)12-16(10-11-19-5-2)14-8-6-13(3)7-9-14/h6-9H,4-5,10-12H2,1-3H3. The van der Waals surface area contributed by atoms with Crippen LogP contribution in [0, 0.1) is 6.92 Å². The molecule has 106 valence electrons. The lowest BCUT2D eigenvalue weighted by Crippen LogP contribution is -2.33. The Balaban J connectivity index is 2.67. The molecule has 1 aromatic rings. The zero-order valence-corrected chi connectivity index (χ0v) is 12.8. The van der Waals surface area contributed by atoms with E-state index < -0.39 is 0 Å². The normalized spacial score (nSPS) is 10.3. The van der Waals surface area contributed by atoms with Crippen LogP contribution in [0.25, 0.3) is 0 Å². The van der Waals surface area contributed by atoms with Crippen molar-refractivity contribution in [2.45, 2.75) is 20.8 Å². The number of carbonyl (C=O) groups excluding carboxylic acids is 1. The molecular formula is C15H23NO2S. The van der Waals surface area contributed by atoms with E-state index in [9.17, 15) is 4.79 Å². The van der Waals surface area contributed by atoms with Crippen molar-refractivity contribution in [2.24, 2.45) is 0 Å². The summed E-state index contributed by atoms with van der Waals surface area (Å²) in [6.07, 6.45) is 0. The molecule has 3 nitrogen and oxygen atoms in total. The molecule has 0 saturated heterocycles. The van der Waals surface area contributed by atoms with E-state index >= 15 is 0 Å². The summed E-state index contributed by atoms with van der Waals surface area (Å²) in [5.41, 5.74) is 2.30. The molecule has 0 aromatic heterocycles. The van der Waals surface area contributed by atoms with Gasteiger partial charge in [0.15, 0.2) is 0 Å². The minimum absolute atomic E-state index is 0.162. The minimum atomic E-state index is -0.162. The molecule has 0 atom stereocenters. The predicted octanol–water partition coefficient (Wildman–Crippen LogP) is 3.12. The van der Waals surface area contributed by atoms with Crippen LogP contribution < -0.4 is 4.90 Å². The van der Waals surface area contributed by atoms with Gasteiger partial charge in [0.1, 0.15) is 6.54 Å². The Kier molecular flexibility index (Phi) is 7.41. The topological polar surface area (TPSA) is 29.5 Å². The molecule has 19 heavy (non-hydrogen) atoms. The van der Waals surface area contributed by atoms with E-state index in [1.165, 1.54) is 5.56 Å². The summed E-state index contributed by atoms with van der Waals surface area (Å²) in [7, 11) is 0. The van der Waals surface area contributed by atoms with E-state index in [0.717, 1.165) is 23.7 Å². The number of hydrogen-bond acceptors (Lipinski definition) is 4. The van der Waals surface area contributed by atoms with Gasteiger partial charge in [-0.2, -0.15) is 11.8 Å². The first-order valence-corrected chi connectivity index (χ1v) is 7.87. The molecule has 0 aliphatic rings. The number of carbonyl (C=O) groups is 1. The van der Waals surface area contributed by atoms with Crippen LogP contribution in [0.4, 0.5) is 5.69 Å². The Bertz CT molecular complexity index is 378. The number of nitrogens with zero attached hydrogens (tertiary/aromatic N) is 1. The first-order chi connectivity index (χ1) is 9.17. The second-order valence-corrected chi connectivity index (χ2v) is 5.65. The molecule has 0 aliphatic heterocycles. The van der Waals surface area contributed by atoms with Gasteiger partial charge in [0.05, 0.1) is 6.61 Å². The van der Waals surface area contributed by atoms with Crippen LogP contribution in [-0.4, -0.2) is 37.2 Å². The van der Waals surface area contributed by atoms with Crippen LogP contribution in [0.3, 0.4) is 0 Å². The Morgan fingerprint density at radius 2 is 1.95 bits per heavy atom. The summed E-state index contributed by atoms with van der Waals surface area (Å²) in [5, 5.41) is 0. The molecule has 0 N–H and O–H groups in total. The zero-order valence-electron chi connectivity index (χ0n) is 12.0. The highest BCUT2D eigenvalue weighted by Crippen LogP contribution is 2.16. The number of esters is 1. The lowest BCUT2D eigenvalue weighted by atomic mass is 10.2. The summed E-state index contributed by atoms with van der Waals surface area (Å²) in [4.78, 5) is 13.7. The molecular weight excluding hydrogens is 258 g/mol. The van der Waals surface area contributed by atoms with E-state index in [2.05, 4.69) is 43.0 Å². The Hall–Kier alpha value is -1.16. The number of benzene rings is 1. The summed E-state index contributed by atoms with van der Waals surface area (Å²) >= 11 is 1.88. The van der Waals surface area contributed by atoms with Crippen molar-refractivity contribution >= 4 is 23.4 Å². The first kappa shape index (κ1) is 15.9. The maximum absolute atomic E-state index is 11.7. The van der Waals surface area contributed by atoms with Crippen LogP contribution in [0.1, 0.15) is 19.4 Å². The van der Waals surface area contributed by atoms with E-state index in [4.69, 9.17) is 4.74 Å². The van der Waals surface area contributed by atoms with Gasteiger partial charge in [-0.3, -0.25) is 4.79 Å². The van der Waals surface area contributed by atoms with Crippen molar-refractivity contribution in [3.8, 4) is 0 Å². The fourth-order valence-corrected chi connectivity index (χ4v) is 2.37. The summed E-state index contributed by atoms with van der Waals surface area (Å²) in [5.74, 6) is 1.95. The van der Waals surface area contributed by atoms with Gasteiger partial charge in [-0.25, -0.2) is 0 Å². The highest BCUT2D eigenvalue weighted by Gasteiger charge is 2.12. The SMILES string of the molecule is CCOC(=O)CN(CCSCC)c1ccc(C)cc1.